The van der Waals surface area contributed by atoms with Crippen LogP contribution in [0.25, 0.3) is 0 Å². The van der Waals surface area contributed by atoms with Crippen LogP contribution in [0.15, 0.2) is 46.9 Å². The molecule has 0 spiro atoms. The van der Waals surface area contributed by atoms with Crippen LogP contribution in [0.3, 0.4) is 0 Å². The quantitative estimate of drug-likeness (QED) is 0.770. The number of carbonyl (C=O) groups is 2. The van der Waals surface area contributed by atoms with Crippen molar-refractivity contribution < 1.29 is 14.3 Å². The second-order valence-electron chi connectivity index (χ2n) is 5.26. The van der Waals surface area contributed by atoms with Crippen LogP contribution in [0.2, 0.25) is 0 Å². The van der Waals surface area contributed by atoms with E-state index in [1.165, 1.54) is 0 Å². The van der Waals surface area contributed by atoms with Crippen molar-refractivity contribution in [2.75, 3.05) is 19.0 Å². The third kappa shape index (κ3) is 4.83. The fraction of sp³-hybridized carbons (Fsp3) is 0.222. The molecule has 5 nitrogen and oxygen atoms in total. The summed E-state index contributed by atoms with van der Waals surface area (Å²) >= 11 is 3.36. The zero-order chi connectivity index (χ0) is 17.5. The zero-order valence-corrected chi connectivity index (χ0v) is 15.1. The van der Waals surface area contributed by atoms with E-state index >= 15 is 0 Å². The Labute approximate surface area is 149 Å². The van der Waals surface area contributed by atoms with Gasteiger partial charge in [0.25, 0.3) is 0 Å². The molecule has 2 aromatic rings. The van der Waals surface area contributed by atoms with Crippen LogP contribution in [-0.4, -0.2) is 25.5 Å². The highest BCUT2D eigenvalue weighted by molar-refractivity contribution is 9.10. The Morgan fingerprint density at radius 3 is 2.58 bits per heavy atom. The lowest BCUT2D eigenvalue weighted by molar-refractivity contribution is -0.136. The van der Waals surface area contributed by atoms with Crippen molar-refractivity contribution in [2.45, 2.75) is 13.3 Å². The minimum Gasteiger partial charge on any atom is -0.496 e. The summed E-state index contributed by atoms with van der Waals surface area (Å²) in [6.07, 6.45) is 0.581. The van der Waals surface area contributed by atoms with Crippen LogP contribution >= 0.6 is 15.9 Å². The van der Waals surface area contributed by atoms with E-state index in [1.807, 2.05) is 43.3 Å². The number of ether oxygens (including phenoxy) is 1. The van der Waals surface area contributed by atoms with Gasteiger partial charge < -0.3 is 15.4 Å². The van der Waals surface area contributed by atoms with Crippen LogP contribution in [0.1, 0.15) is 11.1 Å². The molecule has 0 radical (unpaired) electrons. The molecular formula is C18H19BrN2O3. The number of aryl methyl sites for hydroxylation is 1. The highest BCUT2D eigenvalue weighted by Gasteiger charge is 2.14. The molecule has 0 saturated carbocycles. The van der Waals surface area contributed by atoms with E-state index in [1.54, 1.807) is 13.2 Å². The van der Waals surface area contributed by atoms with Gasteiger partial charge in [-0.2, -0.15) is 0 Å². The van der Waals surface area contributed by atoms with Gasteiger partial charge in [-0.15, -0.1) is 0 Å². The fourth-order valence-electron chi connectivity index (χ4n) is 2.20. The number of methoxy groups -OCH3 is 1. The van der Waals surface area contributed by atoms with Gasteiger partial charge in [-0.25, -0.2) is 0 Å². The van der Waals surface area contributed by atoms with Gasteiger partial charge in [-0.3, -0.25) is 9.59 Å². The Hall–Kier alpha value is -2.34. The number of benzene rings is 2. The molecule has 2 aromatic carbocycles. The lowest BCUT2D eigenvalue weighted by Crippen LogP contribution is -2.36. The molecule has 0 aliphatic rings. The number of anilines is 1. The summed E-state index contributed by atoms with van der Waals surface area (Å²) in [5.74, 6) is -0.600. The third-order valence-corrected chi connectivity index (χ3v) is 4.11. The van der Waals surface area contributed by atoms with E-state index < -0.39 is 11.8 Å². The number of halogens is 1. The number of para-hydroxylation sites is 1. The SMILES string of the molecule is COc1ccccc1CCNC(=O)C(=O)Nc1ccc(C)cc1Br. The molecule has 6 heteroatoms. The second-order valence-corrected chi connectivity index (χ2v) is 6.11. The number of hydrogen-bond acceptors (Lipinski definition) is 3. The van der Waals surface area contributed by atoms with Crippen molar-refractivity contribution in [1.82, 2.24) is 5.32 Å². The highest BCUT2D eigenvalue weighted by Crippen LogP contribution is 2.23. The summed E-state index contributed by atoms with van der Waals surface area (Å²) in [4.78, 5) is 23.8. The van der Waals surface area contributed by atoms with Gasteiger partial charge in [-0.05, 0) is 58.6 Å². The van der Waals surface area contributed by atoms with Crippen molar-refractivity contribution in [1.29, 1.82) is 0 Å². The average molecular weight is 391 g/mol. The summed E-state index contributed by atoms with van der Waals surface area (Å²) in [5.41, 5.74) is 2.59. The van der Waals surface area contributed by atoms with Gasteiger partial charge in [0, 0.05) is 11.0 Å². The number of hydrogen-bond donors (Lipinski definition) is 2. The van der Waals surface area contributed by atoms with Crippen molar-refractivity contribution >= 4 is 33.4 Å². The number of rotatable bonds is 5. The van der Waals surface area contributed by atoms with Crippen molar-refractivity contribution in [3.63, 3.8) is 0 Å². The van der Waals surface area contributed by atoms with Gasteiger partial charge in [-0.1, -0.05) is 24.3 Å². The molecule has 0 bridgehead atoms. The summed E-state index contributed by atoms with van der Waals surface area (Å²) < 4.78 is 5.99. The molecule has 0 heterocycles. The Kier molecular flexibility index (Phi) is 6.37. The topological polar surface area (TPSA) is 67.4 Å². The Balaban J connectivity index is 1.87. The summed E-state index contributed by atoms with van der Waals surface area (Å²) in [6, 6.07) is 13.1. The summed E-state index contributed by atoms with van der Waals surface area (Å²) in [5, 5.41) is 5.20. The first-order valence-electron chi connectivity index (χ1n) is 7.48. The molecule has 0 aromatic heterocycles. The molecule has 2 amide bonds. The Morgan fingerprint density at radius 1 is 1.12 bits per heavy atom. The summed E-state index contributed by atoms with van der Waals surface area (Å²) in [7, 11) is 1.60. The first-order chi connectivity index (χ1) is 11.5. The fourth-order valence-corrected chi connectivity index (χ4v) is 2.79. The van der Waals surface area contributed by atoms with E-state index in [9.17, 15) is 9.59 Å². The lowest BCUT2D eigenvalue weighted by atomic mass is 10.1. The normalized spacial score (nSPS) is 10.1. The molecule has 126 valence electrons. The van der Waals surface area contributed by atoms with E-state index in [2.05, 4.69) is 26.6 Å². The van der Waals surface area contributed by atoms with Crippen molar-refractivity contribution in [3.05, 3.63) is 58.1 Å². The third-order valence-electron chi connectivity index (χ3n) is 3.45. The maximum absolute atomic E-state index is 11.9. The highest BCUT2D eigenvalue weighted by atomic mass is 79.9. The number of nitrogens with one attached hydrogen (secondary N) is 2. The van der Waals surface area contributed by atoms with Gasteiger partial charge in [0.1, 0.15) is 5.75 Å². The van der Waals surface area contributed by atoms with E-state index in [0.29, 0.717) is 18.7 Å². The maximum Gasteiger partial charge on any atom is 0.313 e. The predicted octanol–water partition coefficient (Wildman–Crippen LogP) is 3.06. The van der Waals surface area contributed by atoms with Gasteiger partial charge in [0.2, 0.25) is 0 Å². The molecular weight excluding hydrogens is 372 g/mol. The van der Waals surface area contributed by atoms with Crippen LogP contribution in [-0.2, 0) is 16.0 Å². The molecule has 0 unspecified atom stereocenters. The molecule has 24 heavy (non-hydrogen) atoms. The van der Waals surface area contributed by atoms with Gasteiger partial charge >= 0.3 is 11.8 Å². The number of amides is 2. The standard InChI is InChI=1S/C18H19BrN2O3/c1-12-7-8-15(14(19)11-12)21-18(23)17(22)20-10-9-13-5-3-4-6-16(13)24-2/h3-8,11H,9-10H2,1-2H3,(H,20,22)(H,21,23). The predicted molar refractivity (Wildman–Crippen MR) is 97.2 cm³/mol. The smallest absolute Gasteiger partial charge is 0.313 e. The minimum absolute atomic E-state index is 0.349. The Morgan fingerprint density at radius 2 is 1.88 bits per heavy atom. The molecule has 0 aliphatic carbocycles. The van der Waals surface area contributed by atoms with Crippen LogP contribution in [0.5, 0.6) is 5.75 Å². The van der Waals surface area contributed by atoms with Crippen molar-refractivity contribution in [3.8, 4) is 5.75 Å². The first-order valence-corrected chi connectivity index (χ1v) is 8.28. The zero-order valence-electron chi connectivity index (χ0n) is 13.6. The van der Waals surface area contributed by atoms with Crippen LogP contribution in [0.4, 0.5) is 5.69 Å². The molecule has 2 rings (SSSR count). The monoisotopic (exact) mass is 390 g/mol. The second kappa shape index (κ2) is 8.49. The summed E-state index contributed by atoms with van der Waals surface area (Å²) in [6.45, 7) is 2.29. The molecule has 0 saturated heterocycles. The van der Waals surface area contributed by atoms with Crippen LogP contribution < -0.4 is 15.4 Å². The molecule has 0 aliphatic heterocycles. The van der Waals surface area contributed by atoms with Crippen molar-refractivity contribution in [2.24, 2.45) is 0 Å². The van der Waals surface area contributed by atoms with E-state index in [0.717, 1.165) is 21.3 Å². The van der Waals surface area contributed by atoms with Gasteiger partial charge in [0.05, 0.1) is 12.8 Å². The minimum atomic E-state index is -0.695. The average Bonchev–Trinajstić information content (AvgIpc) is 2.57. The number of carbonyl (C=O) groups excluding carboxylic acids is 2. The van der Waals surface area contributed by atoms with Crippen LogP contribution in [0, 0.1) is 6.92 Å². The first kappa shape index (κ1) is 18.0. The molecule has 0 atom stereocenters. The van der Waals surface area contributed by atoms with Gasteiger partial charge in [0.15, 0.2) is 0 Å². The molecule has 2 N–H and O–H groups in total. The lowest BCUT2D eigenvalue weighted by Gasteiger charge is -2.10. The van der Waals surface area contributed by atoms with E-state index in [-0.39, 0.29) is 0 Å². The largest absolute Gasteiger partial charge is 0.496 e. The van der Waals surface area contributed by atoms with E-state index in [4.69, 9.17) is 4.74 Å². The maximum atomic E-state index is 11.9. The Bertz CT molecular complexity index is 747. The molecule has 0 fully saturated rings.